The summed E-state index contributed by atoms with van der Waals surface area (Å²) in [6.07, 6.45) is 7.60. The number of fused-ring (bicyclic) bond motifs is 1. The maximum Gasteiger partial charge on any atom is 0.166 e. The summed E-state index contributed by atoms with van der Waals surface area (Å²) in [7, 11) is 0. The van der Waals surface area contributed by atoms with E-state index in [1.807, 2.05) is 4.40 Å². The first-order valence-electron chi connectivity index (χ1n) is 8.52. The van der Waals surface area contributed by atoms with Gasteiger partial charge in [-0.05, 0) is 25.0 Å². The fourth-order valence-electron chi connectivity index (χ4n) is 3.18. The van der Waals surface area contributed by atoms with Gasteiger partial charge < -0.3 is 10.2 Å². The summed E-state index contributed by atoms with van der Waals surface area (Å²) in [6, 6.07) is 3.90. The minimum atomic E-state index is -1.05. The van der Waals surface area contributed by atoms with Gasteiger partial charge in [-0.25, -0.2) is 14.1 Å². The summed E-state index contributed by atoms with van der Waals surface area (Å²) >= 11 is 0. The molecule has 0 saturated heterocycles. The summed E-state index contributed by atoms with van der Waals surface area (Å²) in [5, 5.41) is 28.4. The zero-order valence-corrected chi connectivity index (χ0v) is 14.1. The number of rotatable bonds is 4. The SMILES string of the molecule is Oc1ccc(-n2cc([C@H](O)c3c(C4CC4)ncc4cncn34)nn2)cc1F. The molecule has 0 amide bonds. The molecule has 1 fully saturated rings. The average Bonchev–Trinajstić information content (AvgIpc) is 3.19. The summed E-state index contributed by atoms with van der Waals surface area (Å²) in [5.74, 6) is -0.873. The molecule has 136 valence electrons. The molecule has 3 heterocycles. The van der Waals surface area contributed by atoms with Crippen molar-refractivity contribution in [2.45, 2.75) is 24.9 Å². The third-order valence-electron chi connectivity index (χ3n) is 4.74. The summed E-state index contributed by atoms with van der Waals surface area (Å²) in [6.45, 7) is 0. The fourth-order valence-corrected chi connectivity index (χ4v) is 3.18. The summed E-state index contributed by atoms with van der Waals surface area (Å²) in [4.78, 5) is 8.66. The number of nitrogens with zero attached hydrogens (tertiary/aromatic N) is 6. The predicted octanol–water partition coefficient (Wildman–Crippen LogP) is 2.11. The smallest absolute Gasteiger partial charge is 0.166 e. The van der Waals surface area contributed by atoms with Crippen LogP contribution in [-0.2, 0) is 0 Å². The molecule has 5 rings (SSSR count). The molecule has 3 aromatic heterocycles. The van der Waals surface area contributed by atoms with Gasteiger partial charge in [0.25, 0.3) is 0 Å². The highest BCUT2D eigenvalue weighted by Gasteiger charge is 2.32. The molecule has 0 spiro atoms. The molecule has 1 aliphatic carbocycles. The Morgan fingerprint density at radius 1 is 1.22 bits per heavy atom. The number of imidazole rings is 1. The van der Waals surface area contributed by atoms with Gasteiger partial charge in [-0.3, -0.25) is 9.38 Å². The molecule has 0 bridgehead atoms. The molecule has 2 N–H and O–H groups in total. The van der Waals surface area contributed by atoms with Crippen LogP contribution < -0.4 is 0 Å². The third kappa shape index (κ3) is 2.63. The lowest BCUT2D eigenvalue weighted by Crippen LogP contribution is -2.11. The van der Waals surface area contributed by atoms with Crippen molar-refractivity contribution in [3.05, 3.63) is 66.0 Å². The van der Waals surface area contributed by atoms with E-state index in [1.54, 1.807) is 18.7 Å². The molecular formula is C18H15FN6O2. The molecule has 1 atom stereocenters. The number of phenolic OH excluding ortho intramolecular Hbond substituents is 1. The van der Waals surface area contributed by atoms with Gasteiger partial charge in [0.2, 0.25) is 0 Å². The minimum Gasteiger partial charge on any atom is -0.505 e. The Bertz CT molecular complexity index is 1150. The van der Waals surface area contributed by atoms with Crippen molar-refractivity contribution in [3.8, 4) is 11.4 Å². The van der Waals surface area contributed by atoms with E-state index >= 15 is 0 Å². The van der Waals surface area contributed by atoms with Crippen molar-refractivity contribution < 1.29 is 14.6 Å². The maximum atomic E-state index is 13.6. The summed E-state index contributed by atoms with van der Waals surface area (Å²) in [5.41, 5.74) is 2.93. The van der Waals surface area contributed by atoms with Gasteiger partial charge in [0.1, 0.15) is 11.8 Å². The Kier molecular flexibility index (Phi) is 3.44. The van der Waals surface area contributed by atoms with Crippen LogP contribution in [-0.4, -0.2) is 39.6 Å². The molecule has 1 aliphatic rings. The lowest BCUT2D eigenvalue weighted by Gasteiger charge is -2.15. The molecule has 4 aromatic rings. The van der Waals surface area contributed by atoms with Crippen LogP contribution in [0.15, 0.2) is 43.1 Å². The largest absolute Gasteiger partial charge is 0.505 e. The van der Waals surface area contributed by atoms with Crippen LogP contribution in [0.1, 0.15) is 41.9 Å². The van der Waals surface area contributed by atoms with E-state index in [-0.39, 0.29) is 0 Å². The second-order valence-corrected chi connectivity index (χ2v) is 6.62. The highest BCUT2D eigenvalue weighted by atomic mass is 19.1. The highest BCUT2D eigenvalue weighted by Crippen LogP contribution is 2.42. The number of aliphatic hydroxyl groups excluding tert-OH is 1. The number of hydrogen-bond acceptors (Lipinski definition) is 6. The van der Waals surface area contributed by atoms with Crippen LogP contribution >= 0.6 is 0 Å². The van der Waals surface area contributed by atoms with E-state index in [1.165, 1.54) is 23.0 Å². The average molecular weight is 366 g/mol. The molecule has 9 heteroatoms. The van der Waals surface area contributed by atoms with Gasteiger partial charge in [-0.1, -0.05) is 5.21 Å². The first-order valence-corrected chi connectivity index (χ1v) is 8.52. The van der Waals surface area contributed by atoms with Crippen LogP contribution in [0.2, 0.25) is 0 Å². The number of aromatic hydroxyl groups is 1. The van der Waals surface area contributed by atoms with Crippen molar-refractivity contribution in [2.75, 3.05) is 0 Å². The number of aliphatic hydroxyl groups is 1. The number of halogens is 1. The first kappa shape index (κ1) is 15.9. The van der Waals surface area contributed by atoms with Gasteiger partial charge in [0.15, 0.2) is 11.6 Å². The second-order valence-electron chi connectivity index (χ2n) is 6.62. The van der Waals surface area contributed by atoms with E-state index in [0.717, 1.165) is 30.1 Å². The van der Waals surface area contributed by atoms with Crippen molar-refractivity contribution in [1.82, 2.24) is 29.4 Å². The zero-order valence-electron chi connectivity index (χ0n) is 14.1. The van der Waals surface area contributed by atoms with E-state index < -0.39 is 17.7 Å². The van der Waals surface area contributed by atoms with Crippen LogP contribution in [0.3, 0.4) is 0 Å². The van der Waals surface area contributed by atoms with Gasteiger partial charge in [0, 0.05) is 12.0 Å². The molecular weight excluding hydrogens is 351 g/mol. The van der Waals surface area contributed by atoms with E-state index in [2.05, 4.69) is 20.3 Å². The van der Waals surface area contributed by atoms with Crippen molar-refractivity contribution >= 4 is 5.52 Å². The topological polar surface area (TPSA) is 101 Å². The number of phenols is 1. The normalized spacial score (nSPS) is 15.3. The van der Waals surface area contributed by atoms with E-state index in [0.29, 0.717) is 23.0 Å². The zero-order chi connectivity index (χ0) is 18.5. The molecule has 0 aliphatic heterocycles. The Labute approximate surface area is 152 Å². The van der Waals surface area contributed by atoms with Crippen molar-refractivity contribution in [3.63, 3.8) is 0 Å². The summed E-state index contributed by atoms with van der Waals surface area (Å²) < 4.78 is 16.8. The quantitative estimate of drug-likeness (QED) is 0.574. The van der Waals surface area contributed by atoms with Crippen LogP contribution in [0.4, 0.5) is 4.39 Å². The van der Waals surface area contributed by atoms with Gasteiger partial charge in [-0.2, -0.15) is 0 Å². The Hall–Kier alpha value is -3.33. The first-order chi connectivity index (χ1) is 13.1. The monoisotopic (exact) mass is 366 g/mol. The maximum absolute atomic E-state index is 13.6. The molecule has 0 radical (unpaired) electrons. The molecule has 1 saturated carbocycles. The van der Waals surface area contributed by atoms with Crippen LogP contribution in [0.25, 0.3) is 11.2 Å². The number of benzene rings is 1. The Morgan fingerprint density at radius 2 is 2.07 bits per heavy atom. The third-order valence-corrected chi connectivity index (χ3v) is 4.74. The highest BCUT2D eigenvalue weighted by molar-refractivity contribution is 5.47. The number of hydrogen-bond donors (Lipinski definition) is 2. The fraction of sp³-hybridized carbons (Fsp3) is 0.222. The number of aromatic nitrogens is 6. The molecule has 1 aromatic carbocycles. The van der Waals surface area contributed by atoms with E-state index in [4.69, 9.17) is 0 Å². The molecule has 27 heavy (non-hydrogen) atoms. The Morgan fingerprint density at radius 3 is 2.85 bits per heavy atom. The van der Waals surface area contributed by atoms with E-state index in [9.17, 15) is 14.6 Å². The van der Waals surface area contributed by atoms with Gasteiger partial charge in [0.05, 0.1) is 47.5 Å². The van der Waals surface area contributed by atoms with Gasteiger partial charge >= 0.3 is 0 Å². The molecule has 8 nitrogen and oxygen atoms in total. The Balaban J connectivity index is 1.57. The van der Waals surface area contributed by atoms with Crippen LogP contribution in [0, 0.1) is 5.82 Å². The second kappa shape index (κ2) is 5.85. The lowest BCUT2D eigenvalue weighted by molar-refractivity contribution is 0.206. The van der Waals surface area contributed by atoms with Crippen molar-refractivity contribution in [2.24, 2.45) is 0 Å². The van der Waals surface area contributed by atoms with Crippen molar-refractivity contribution in [1.29, 1.82) is 0 Å². The van der Waals surface area contributed by atoms with Gasteiger partial charge in [-0.15, -0.1) is 5.10 Å². The minimum absolute atomic E-state index is 0.313. The predicted molar refractivity (Wildman–Crippen MR) is 92.0 cm³/mol. The van der Waals surface area contributed by atoms with Crippen LogP contribution in [0.5, 0.6) is 5.75 Å². The lowest BCUT2D eigenvalue weighted by atomic mass is 10.1. The molecule has 0 unspecified atom stereocenters. The standard InChI is InChI=1S/C18H15FN6O2/c19-13-5-11(3-4-15(13)26)25-8-14(22-23-25)18(27)17-16(10-1-2-10)21-7-12-6-20-9-24(12)17/h3-10,18,26-27H,1-2H2/t18-/m0/s1.